The lowest BCUT2D eigenvalue weighted by molar-refractivity contribution is 0.195. The number of rotatable bonds is 3. The van der Waals surface area contributed by atoms with Crippen molar-refractivity contribution in [2.24, 2.45) is 0 Å². The van der Waals surface area contributed by atoms with Crippen molar-refractivity contribution in [3.63, 3.8) is 0 Å². The fourth-order valence-electron chi connectivity index (χ4n) is 2.23. The minimum atomic E-state index is -0.329. The maximum absolute atomic E-state index is 9.51. The van der Waals surface area contributed by atoms with Gasteiger partial charge in [0.15, 0.2) is 11.5 Å². The van der Waals surface area contributed by atoms with E-state index in [2.05, 4.69) is 6.92 Å². The summed E-state index contributed by atoms with van der Waals surface area (Å²) in [4.78, 5) is 0. The fourth-order valence-corrected chi connectivity index (χ4v) is 2.23. The van der Waals surface area contributed by atoms with Crippen LogP contribution < -0.4 is 9.47 Å². The van der Waals surface area contributed by atoms with E-state index in [0.717, 1.165) is 29.9 Å². The van der Waals surface area contributed by atoms with E-state index in [4.69, 9.17) is 9.47 Å². The second-order valence-corrected chi connectivity index (χ2v) is 4.49. The van der Waals surface area contributed by atoms with Crippen molar-refractivity contribution in [1.82, 2.24) is 0 Å². The Hall–Kier alpha value is -1.22. The van der Waals surface area contributed by atoms with Crippen LogP contribution in [-0.4, -0.2) is 24.4 Å². The molecule has 0 bridgehead atoms. The second-order valence-electron chi connectivity index (χ2n) is 4.49. The van der Waals surface area contributed by atoms with E-state index in [-0.39, 0.29) is 6.10 Å². The molecule has 0 amide bonds. The zero-order chi connectivity index (χ0) is 12.3. The third-order valence-electron chi connectivity index (χ3n) is 2.98. The summed E-state index contributed by atoms with van der Waals surface area (Å²) < 4.78 is 11.4. The summed E-state index contributed by atoms with van der Waals surface area (Å²) in [5.74, 6) is 1.72. The highest BCUT2D eigenvalue weighted by Gasteiger charge is 2.17. The molecule has 0 saturated carbocycles. The SMILES string of the molecule is CCc1c(CC(C)O)ccc2c1OCCCO2. The maximum Gasteiger partial charge on any atom is 0.164 e. The Balaban J connectivity index is 2.39. The highest BCUT2D eigenvalue weighted by atomic mass is 16.5. The molecule has 0 radical (unpaired) electrons. The lowest BCUT2D eigenvalue weighted by Gasteiger charge is -2.16. The molecule has 1 aromatic carbocycles. The van der Waals surface area contributed by atoms with E-state index in [1.54, 1.807) is 0 Å². The molecule has 0 aliphatic carbocycles. The zero-order valence-corrected chi connectivity index (χ0v) is 10.5. The molecular weight excluding hydrogens is 216 g/mol. The Morgan fingerprint density at radius 2 is 2.06 bits per heavy atom. The van der Waals surface area contributed by atoms with Gasteiger partial charge in [-0.25, -0.2) is 0 Å². The summed E-state index contributed by atoms with van der Waals surface area (Å²) in [7, 11) is 0. The van der Waals surface area contributed by atoms with Crippen LogP contribution in [-0.2, 0) is 12.8 Å². The number of hydrogen-bond acceptors (Lipinski definition) is 3. The molecule has 17 heavy (non-hydrogen) atoms. The number of aliphatic hydroxyl groups is 1. The second kappa shape index (κ2) is 5.41. The molecule has 2 rings (SSSR count). The van der Waals surface area contributed by atoms with Crippen molar-refractivity contribution in [3.8, 4) is 11.5 Å². The third-order valence-corrected chi connectivity index (χ3v) is 2.98. The summed E-state index contributed by atoms with van der Waals surface area (Å²) in [5, 5.41) is 9.51. The molecule has 3 heteroatoms. The molecule has 1 atom stereocenters. The van der Waals surface area contributed by atoms with E-state index in [9.17, 15) is 5.11 Å². The van der Waals surface area contributed by atoms with Crippen LogP contribution in [0.4, 0.5) is 0 Å². The van der Waals surface area contributed by atoms with Gasteiger partial charge in [0.05, 0.1) is 19.3 Å². The smallest absolute Gasteiger partial charge is 0.164 e. The first-order valence-corrected chi connectivity index (χ1v) is 6.30. The predicted molar refractivity (Wildman–Crippen MR) is 66.8 cm³/mol. The summed E-state index contributed by atoms with van der Waals surface area (Å²) in [6, 6.07) is 4.00. The van der Waals surface area contributed by atoms with Crippen molar-refractivity contribution < 1.29 is 14.6 Å². The van der Waals surface area contributed by atoms with E-state index in [0.29, 0.717) is 19.6 Å². The van der Waals surface area contributed by atoms with Crippen LogP contribution in [0.5, 0.6) is 11.5 Å². The molecule has 1 heterocycles. The first kappa shape index (κ1) is 12.2. The van der Waals surface area contributed by atoms with Crippen molar-refractivity contribution >= 4 is 0 Å². The number of benzene rings is 1. The highest BCUT2D eigenvalue weighted by Crippen LogP contribution is 2.36. The quantitative estimate of drug-likeness (QED) is 0.875. The Morgan fingerprint density at radius 3 is 2.76 bits per heavy atom. The lowest BCUT2D eigenvalue weighted by atomic mass is 9.98. The van der Waals surface area contributed by atoms with Gasteiger partial charge in [0.1, 0.15) is 0 Å². The zero-order valence-electron chi connectivity index (χ0n) is 10.5. The minimum Gasteiger partial charge on any atom is -0.490 e. The van der Waals surface area contributed by atoms with Gasteiger partial charge >= 0.3 is 0 Å². The number of ether oxygens (including phenoxy) is 2. The summed E-state index contributed by atoms with van der Waals surface area (Å²) >= 11 is 0. The highest BCUT2D eigenvalue weighted by molar-refractivity contribution is 5.51. The molecule has 1 unspecified atom stereocenters. The molecule has 94 valence electrons. The number of aliphatic hydroxyl groups excluding tert-OH is 1. The van der Waals surface area contributed by atoms with E-state index < -0.39 is 0 Å². The molecule has 1 N–H and O–H groups in total. The van der Waals surface area contributed by atoms with Crippen molar-refractivity contribution in [2.45, 2.75) is 39.2 Å². The molecule has 0 spiro atoms. The molecule has 0 fully saturated rings. The van der Waals surface area contributed by atoms with Crippen LogP contribution in [0.3, 0.4) is 0 Å². The Kier molecular flexibility index (Phi) is 3.89. The fraction of sp³-hybridized carbons (Fsp3) is 0.571. The molecule has 3 nitrogen and oxygen atoms in total. The van der Waals surface area contributed by atoms with Gasteiger partial charge in [0.25, 0.3) is 0 Å². The van der Waals surface area contributed by atoms with Gasteiger partial charge in [0, 0.05) is 12.0 Å². The molecule has 0 aromatic heterocycles. The van der Waals surface area contributed by atoms with Crippen molar-refractivity contribution in [1.29, 1.82) is 0 Å². The van der Waals surface area contributed by atoms with Crippen LogP contribution in [0.25, 0.3) is 0 Å². The molecular formula is C14H20O3. The van der Waals surface area contributed by atoms with Gasteiger partial charge < -0.3 is 14.6 Å². The third kappa shape index (κ3) is 2.72. The molecule has 1 aliphatic rings. The van der Waals surface area contributed by atoms with Gasteiger partial charge in [-0.05, 0) is 31.4 Å². The topological polar surface area (TPSA) is 38.7 Å². The Bertz CT molecular complexity index is 385. The largest absolute Gasteiger partial charge is 0.490 e. The maximum atomic E-state index is 9.51. The summed E-state index contributed by atoms with van der Waals surface area (Å²) in [6.45, 7) is 5.34. The Labute approximate surface area is 102 Å². The monoisotopic (exact) mass is 236 g/mol. The van der Waals surface area contributed by atoms with Crippen LogP contribution in [0.15, 0.2) is 12.1 Å². The van der Waals surface area contributed by atoms with Crippen LogP contribution in [0.2, 0.25) is 0 Å². The lowest BCUT2D eigenvalue weighted by Crippen LogP contribution is -2.08. The molecule has 1 aromatic rings. The summed E-state index contributed by atoms with van der Waals surface area (Å²) in [6.07, 6.45) is 2.16. The Morgan fingerprint density at radius 1 is 1.29 bits per heavy atom. The predicted octanol–water partition coefficient (Wildman–Crippen LogP) is 2.33. The standard InChI is InChI=1S/C14H20O3/c1-3-12-11(9-10(2)15)5-6-13-14(12)17-8-4-7-16-13/h5-6,10,15H,3-4,7-9H2,1-2H3. The van der Waals surface area contributed by atoms with E-state index >= 15 is 0 Å². The van der Waals surface area contributed by atoms with Crippen LogP contribution in [0, 0.1) is 0 Å². The van der Waals surface area contributed by atoms with Gasteiger partial charge in [-0.2, -0.15) is 0 Å². The van der Waals surface area contributed by atoms with E-state index in [1.807, 2.05) is 19.1 Å². The van der Waals surface area contributed by atoms with Gasteiger partial charge in [-0.15, -0.1) is 0 Å². The average Bonchev–Trinajstić information content (AvgIpc) is 2.53. The first-order valence-electron chi connectivity index (χ1n) is 6.30. The number of hydrogen-bond donors (Lipinski definition) is 1. The van der Waals surface area contributed by atoms with Crippen molar-refractivity contribution in [2.75, 3.05) is 13.2 Å². The molecule has 0 saturated heterocycles. The van der Waals surface area contributed by atoms with E-state index in [1.165, 1.54) is 5.56 Å². The molecule has 1 aliphatic heterocycles. The number of fused-ring (bicyclic) bond motifs is 1. The van der Waals surface area contributed by atoms with Crippen molar-refractivity contribution in [3.05, 3.63) is 23.3 Å². The first-order chi connectivity index (χ1) is 8.22. The van der Waals surface area contributed by atoms with Gasteiger partial charge in [-0.3, -0.25) is 0 Å². The normalized spacial score (nSPS) is 16.4. The van der Waals surface area contributed by atoms with Crippen LogP contribution in [0.1, 0.15) is 31.4 Å². The van der Waals surface area contributed by atoms with Gasteiger partial charge in [-0.1, -0.05) is 13.0 Å². The van der Waals surface area contributed by atoms with Crippen LogP contribution >= 0.6 is 0 Å². The summed E-state index contributed by atoms with van der Waals surface area (Å²) in [5.41, 5.74) is 2.33. The average molecular weight is 236 g/mol. The minimum absolute atomic E-state index is 0.329. The van der Waals surface area contributed by atoms with Gasteiger partial charge in [0.2, 0.25) is 0 Å².